The van der Waals surface area contributed by atoms with E-state index in [2.05, 4.69) is 9.97 Å². The maximum absolute atomic E-state index is 10.6. The Hall–Kier alpha value is -1.65. The van der Waals surface area contributed by atoms with E-state index in [0.717, 1.165) is 0 Å². The molecule has 1 aromatic heterocycles. The maximum atomic E-state index is 10.6. The lowest BCUT2D eigenvalue weighted by Gasteiger charge is -2.07. The molecule has 0 aliphatic carbocycles. The van der Waals surface area contributed by atoms with Crippen molar-refractivity contribution in [3.8, 4) is 5.88 Å². The molecule has 5 nitrogen and oxygen atoms in total. The second-order valence-corrected chi connectivity index (χ2v) is 2.96. The number of rotatable bonds is 4. The molecule has 14 heavy (non-hydrogen) atoms. The second-order valence-electron chi connectivity index (χ2n) is 2.96. The molecule has 1 atom stereocenters. The molecule has 76 valence electrons. The fraction of sp³-hybridized carbons (Fsp3) is 0.444. The van der Waals surface area contributed by atoms with Crippen LogP contribution in [0.3, 0.4) is 0 Å². The number of hydrogen-bond acceptors (Lipinski definition) is 4. The molecule has 0 saturated carbocycles. The zero-order chi connectivity index (χ0) is 10.6. The molecule has 0 aromatic carbocycles. The molecule has 0 spiro atoms. The van der Waals surface area contributed by atoms with Crippen molar-refractivity contribution in [1.82, 2.24) is 9.97 Å². The van der Waals surface area contributed by atoms with Gasteiger partial charge in [0.1, 0.15) is 5.69 Å². The summed E-state index contributed by atoms with van der Waals surface area (Å²) < 4.78 is 4.96. The number of ether oxygens (including phenoxy) is 1. The van der Waals surface area contributed by atoms with E-state index in [9.17, 15) is 4.79 Å². The van der Waals surface area contributed by atoms with Crippen LogP contribution in [0, 0.1) is 5.92 Å². The summed E-state index contributed by atoms with van der Waals surface area (Å²) in [7, 11) is 1.49. The number of carbonyl (C=O) groups is 1. The molecule has 0 radical (unpaired) electrons. The van der Waals surface area contributed by atoms with Crippen LogP contribution in [-0.4, -0.2) is 28.2 Å². The minimum absolute atomic E-state index is 0.326. The van der Waals surface area contributed by atoms with Crippen LogP contribution < -0.4 is 4.74 Å². The Balaban J connectivity index is 2.80. The molecule has 1 aromatic rings. The van der Waals surface area contributed by atoms with Crippen LogP contribution in [0.15, 0.2) is 12.4 Å². The van der Waals surface area contributed by atoms with Crippen LogP contribution in [0.4, 0.5) is 0 Å². The van der Waals surface area contributed by atoms with Gasteiger partial charge in [-0.1, -0.05) is 6.92 Å². The molecule has 1 unspecified atom stereocenters. The summed E-state index contributed by atoms with van der Waals surface area (Å²) >= 11 is 0. The summed E-state index contributed by atoms with van der Waals surface area (Å²) in [6, 6.07) is 0. The topological polar surface area (TPSA) is 72.3 Å². The Morgan fingerprint density at radius 1 is 1.57 bits per heavy atom. The summed E-state index contributed by atoms with van der Waals surface area (Å²) in [6.07, 6.45) is 3.35. The number of nitrogens with zero attached hydrogens (tertiary/aromatic N) is 2. The molecular formula is C9H12N2O3. The number of aliphatic carboxylic acids is 1. The molecule has 0 amide bonds. The molecule has 0 bridgehead atoms. The zero-order valence-electron chi connectivity index (χ0n) is 8.10. The molecule has 1 N–H and O–H groups in total. The van der Waals surface area contributed by atoms with Gasteiger partial charge in [0.25, 0.3) is 0 Å². The summed E-state index contributed by atoms with van der Waals surface area (Å²) in [5, 5.41) is 8.72. The van der Waals surface area contributed by atoms with Gasteiger partial charge in [0, 0.05) is 18.8 Å². The Bertz CT molecular complexity index is 328. The average Bonchev–Trinajstić information content (AvgIpc) is 2.18. The largest absolute Gasteiger partial charge is 0.481 e. The van der Waals surface area contributed by atoms with E-state index < -0.39 is 11.9 Å². The van der Waals surface area contributed by atoms with Crippen LogP contribution >= 0.6 is 0 Å². The van der Waals surface area contributed by atoms with Gasteiger partial charge in [-0.3, -0.25) is 9.78 Å². The van der Waals surface area contributed by atoms with Gasteiger partial charge in [-0.15, -0.1) is 0 Å². The standard InChI is InChI=1S/C9H12N2O3/c1-6(9(12)13)5-7-8(14-2)11-4-3-10-7/h3-4,6H,5H2,1-2H3,(H,12,13). The molecule has 5 heteroatoms. The predicted octanol–water partition coefficient (Wildman–Crippen LogP) is 0.748. The number of carboxylic acid groups (broad SMARTS) is 1. The summed E-state index contributed by atoms with van der Waals surface area (Å²) in [6.45, 7) is 1.62. The number of hydrogen-bond donors (Lipinski definition) is 1. The lowest BCUT2D eigenvalue weighted by molar-refractivity contribution is -0.141. The van der Waals surface area contributed by atoms with Crippen molar-refractivity contribution < 1.29 is 14.6 Å². The number of methoxy groups -OCH3 is 1. The Morgan fingerprint density at radius 2 is 2.21 bits per heavy atom. The van der Waals surface area contributed by atoms with Crippen LogP contribution in [0.2, 0.25) is 0 Å². The maximum Gasteiger partial charge on any atom is 0.306 e. The van der Waals surface area contributed by atoms with Gasteiger partial charge in [0.2, 0.25) is 5.88 Å². The second kappa shape index (κ2) is 4.55. The van der Waals surface area contributed by atoms with Crippen LogP contribution in [0.1, 0.15) is 12.6 Å². The zero-order valence-corrected chi connectivity index (χ0v) is 8.10. The lowest BCUT2D eigenvalue weighted by atomic mass is 10.1. The van der Waals surface area contributed by atoms with E-state index in [1.807, 2.05) is 0 Å². The Labute approximate surface area is 81.8 Å². The van der Waals surface area contributed by atoms with Gasteiger partial charge in [-0.25, -0.2) is 4.98 Å². The van der Waals surface area contributed by atoms with Gasteiger partial charge in [0.15, 0.2) is 0 Å². The van der Waals surface area contributed by atoms with Crippen molar-refractivity contribution in [3.63, 3.8) is 0 Å². The smallest absolute Gasteiger partial charge is 0.306 e. The quantitative estimate of drug-likeness (QED) is 0.769. The van der Waals surface area contributed by atoms with Gasteiger partial charge >= 0.3 is 5.97 Å². The Kier molecular flexibility index (Phi) is 3.39. The van der Waals surface area contributed by atoms with Crippen LogP contribution in [-0.2, 0) is 11.2 Å². The minimum Gasteiger partial charge on any atom is -0.481 e. The first-order chi connectivity index (χ1) is 6.65. The van der Waals surface area contributed by atoms with E-state index in [1.54, 1.807) is 6.92 Å². The SMILES string of the molecule is COc1nccnc1CC(C)C(=O)O. The molecular weight excluding hydrogens is 184 g/mol. The monoisotopic (exact) mass is 196 g/mol. The molecule has 1 rings (SSSR count). The lowest BCUT2D eigenvalue weighted by Crippen LogP contribution is -2.14. The van der Waals surface area contributed by atoms with E-state index in [0.29, 0.717) is 18.0 Å². The first kappa shape index (κ1) is 10.4. The first-order valence-corrected chi connectivity index (χ1v) is 4.21. The van der Waals surface area contributed by atoms with Crippen LogP contribution in [0.25, 0.3) is 0 Å². The highest BCUT2D eigenvalue weighted by atomic mass is 16.5. The van der Waals surface area contributed by atoms with Gasteiger partial charge < -0.3 is 9.84 Å². The molecule has 0 saturated heterocycles. The molecule has 0 aliphatic heterocycles. The van der Waals surface area contributed by atoms with Crippen molar-refractivity contribution in [3.05, 3.63) is 18.1 Å². The van der Waals surface area contributed by atoms with E-state index >= 15 is 0 Å². The molecule has 1 heterocycles. The number of carboxylic acids is 1. The third-order valence-electron chi connectivity index (χ3n) is 1.85. The minimum atomic E-state index is -0.849. The Morgan fingerprint density at radius 3 is 2.79 bits per heavy atom. The molecule has 0 aliphatic rings. The van der Waals surface area contributed by atoms with E-state index in [-0.39, 0.29) is 0 Å². The highest BCUT2D eigenvalue weighted by Gasteiger charge is 2.15. The summed E-state index contributed by atoms with van der Waals surface area (Å²) in [5.74, 6) is -0.945. The number of aromatic nitrogens is 2. The highest BCUT2D eigenvalue weighted by molar-refractivity contribution is 5.69. The normalized spacial score (nSPS) is 12.1. The van der Waals surface area contributed by atoms with Crippen molar-refractivity contribution in [2.24, 2.45) is 5.92 Å². The van der Waals surface area contributed by atoms with E-state index in [4.69, 9.17) is 9.84 Å². The summed E-state index contributed by atoms with van der Waals surface area (Å²) in [4.78, 5) is 18.6. The van der Waals surface area contributed by atoms with E-state index in [1.165, 1.54) is 19.5 Å². The fourth-order valence-electron chi connectivity index (χ4n) is 1.04. The van der Waals surface area contributed by atoms with Crippen molar-refractivity contribution >= 4 is 5.97 Å². The first-order valence-electron chi connectivity index (χ1n) is 4.21. The predicted molar refractivity (Wildman–Crippen MR) is 49.1 cm³/mol. The average molecular weight is 196 g/mol. The fourth-order valence-corrected chi connectivity index (χ4v) is 1.04. The van der Waals surface area contributed by atoms with Gasteiger partial charge in [-0.2, -0.15) is 0 Å². The third kappa shape index (κ3) is 2.42. The third-order valence-corrected chi connectivity index (χ3v) is 1.85. The highest BCUT2D eigenvalue weighted by Crippen LogP contribution is 2.15. The van der Waals surface area contributed by atoms with Gasteiger partial charge in [0.05, 0.1) is 13.0 Å². The summed E-state index contributed by atoms with van der Waals surface area (Å²) in [5.41, 5.74) is 0.574. The van der Waals surface area contributed by atoms with Crippen LogP contribution in [0.5, 0.6) is 5.88 Å². The van der Waals surface area contributed by atoms with Crippen molar-refractivity contribution in [2.45, 2.75) is 13.3 Å². The van der Waals surface area contributed by atoms with Gasteiger partial charge in [-0.05, 0) is 0 Å². The van der Waals surface area contributed by atoms with Crippen molar-refractivity contribution in [2.75, 3.05) is 7.11 Å². The van der Waals surface area contributed by atoms with Crippen molar-refractivity contribution in [1.29, 1.82) is 0 Å². The molecule has 0 fully saturated rings.